The average Bonchev–Trinajstić information content (AvgIpc) is 3.26. The third-order valence-electron chi connectivity index (χ3n) is 5.13. The Hall–Kier alpha value is -1.55. The van der Waals surface area contributed by atoms with Gasteiger partial charge in [-0.2, -0.15) is 0 Å². The molecule has 7 nitrogen and oxygen atoms in total. The highest BCUT2D eigenvalue weighted by Crippen LogP contribution is 2.15. The summed E-state index contributed by atoms with van der Waals surface area (Å²) >= 11 is 0. The molecule has 8 heteroatoms. The van der Waals surface area contributed by atoms with Crippen LogP contribution in [0.4, 0.5) is 10.5 Å². The van der Waals surface area contributed by atoms with Crippen LogP contribution in [0.15, 0.2) is 29.3 Å². The number of aliphatic imine (C=N–C) groups is 1. The molecule has 2 rings (SSSR count). The summed E-state index contributed by atoms with van der Waals surface area (Å²) in [5, 5.41) is 18.9. The van der Waals surface area contributed by atoms with Crippen molar-refractivity contribution >= 4 is 41.7 Å². The number of hydrogen-bond acceptors (Lipinski definition) is 3. The van der Waals surface area contributed by atoms with Crippen LogP contribution in [0.3, 0.4) is 0 Å². The van der Waals surface area contributed by atoms with Gasteiger partial charge in [-0.25, -0.2) is 9.79 Å². The Bertz CT molecular complexity index is 644. The third kappa shape index (κ3) is 9.51. The topological polar surface area (TPSA) is 89.0 Å². The molecule has 1 heterocycles. The summed E-state index contributed by atoms with van der Waals surface area (Å²) in [5.41, 5.74) is 1.85. The molecular weight excluding hydrogens is 493 g/mol. The first kappa shape index (κ1) is 26.5. The molecular formula is C22H38IN5O2. The van der Waals surface area contributed by atoms with E-state index in [1.807, 2.05) is 36.1 Å². The van der Waals surface area contributed by atoms with Crippen molar-refractivity contribution in [3.8, 4) is 0 Å². The summed E-state index contributed by atoms with van der Waals surface area (Å²) < 4.78 is 0. The van der Waals surface area contributed by atoms with Crippen LogP contribution in [-0.2, 0) is 6.54 Å². The normalized spacial score (nSPS) is 14.8. The highest BCUT2D eigenvalue weighted by atomic mass is 127. The lowest BCUT2D eigenvalue weighted by Crippen LogP contribution is -2.40. The van der Waals surface area contributed by atoms with Crippen molar-refractivity contribution in [2.45, 2.75) is 52.5 Å². The van der Waals surface area contributed by atoms with Gasteiger partial charge in [-0.15, -0.1) is 24.0 Å². The van der Waals surface area contributed by atoms with Crippen LogP contribution in [0.1, 0.15) is 51.5 Å². The van der Waals surface area contributed by atoms with Crippen molar-refractivity contribution in [1.29, 1.82) is 0 Å². The molecule has 30 heavy (non-hydrogen) atoms. The van der Waals surface area contributed by atoms with Gasteiger partial charge in [-0.3, -0.25) is 0 Å². The Balaban J connectivity index is 0.00000450. The number of anilines is 1. The number of carbonyl (C=O) groups excluding carboxylic acids is 1. The summed E-state index contributed by atoms with van der Waals surface area (Å²) in [6.07, 6.45) is 5.17. The van der Waals surface area contributed by atoms with Crippen molar-refractivity contribution in [1.82, 2.24) is 15.5 Å². The fourth-order valence-electron chi connectivity index (χ4n) is 3.56. The Morgan fingerprint density at radius 2 is 1.97 bits per heavy atom. The SMILES string of the molecule is CCCC(CCO)CNC(=NCc1cccc(NC(=O)N2CCCC2)c1)NCC.I. The quantitative estimate of drug-likeness (QED) is 0.210. The highest BCUT2D eigenvalue weighted by molar-refractivity contribution is 14.0. The van der Waals surface area contributed by atoms with E-state index in [9.17, 15) is 9.90 Å². The van der Waals surface area contributed by atoms with Crippen molar-refractivity contribution in [2.24, 2.45) is 10.9 Å². The van der Waals surface area contributed by atoms with Crippen LogP contribution < -0.4 is 16.0 Å². The van der Waals surface area contributed by atoms with E-state index in [4.69, 9.17) is 0 Å². The molecule has 0 aliphatic carbocycles. The molecule has 1 unspecified atom stereocenters. The minimum Gasteiger partial charge on any atom is -0.396 e. The van der Waals surface area contributed by atoms with E-state index < -0.39 is 0 Å². The molecule has 1 aliphatic rings. The van der Waals surface area contributed by atoms with Crippen LogP contribution in [0.5, 0.6) is 0 Å². The zero-order valence-electron chi connectivity index (χ0n) is 18.3. The van der Waals surface area contributed by atoms with Gasteiger partial charge < -0.3 is 26.0 Å². The molecule has 2 amide bonds. The Labute approximate surface area is 198 Å². The van der Waals surface area contributed by atoms with Gasteiger partial charge in [0.2, 0.25) is 0 Å². The number of nitrogens with zero attached hydrogens (tertiary/aromatic N) is 2. The summed E-state index contributed by atoms with van der Waals surface area (Å²) in [6, 6.07) is 7.83. The van der Waals surface area contributed by atoms with Crippen LogP contribution in [0.2, 0.25) is 0 Å². The number of urea groups is 1. The number of likely N-dealkylation sites (tertiary alicyclic amines) is 1. The van der Waals surface area contributed by atoms with Crippen LogP contribution >= 0.6 is 24.0 Å². The number of carbonyl (C=O) groups is 1. The van der Waals surface area contributed by atoms with E-state index in [0.717, 1.165) is 75.5 Å². The lowest BCUT2D eigenvalue weighted by molar-refractivity contribution is 0.222. The lowest BCUT2D eigenvalue weighted by atomic mass is 10.0. The van der Waals surface area contributed by atoms with Crippen molar-refractivity contribution in [2.75, 3.05) is 38.1 Å². The maximum Gasteiger partial charge on any atom is 0.321 e. The molecule has 0 saturated carbocycles. The minimum absolute atomic E-state index is 0. The van der Waals surface area contributed by atoms with E-state index in [2.05, 4.69) is 27.9 Å². The number of aliphatic hydroxyl groups excluding tert-OH is 1. The second-order valence-electron chi connectivity index (χ2n) is 7.57. The molecule has 1 aromatic carbocycles. The molecule has 0 spiro atoms. The fraction of sp³-hybridized carbons (Fsp3) is 0.636. The number of amides is 2. The second-order valence-corrected chi connectivity index (χ2v) is 7.57. The molecule has 1 aliphatic heterocycles. The van der Waals surface area contributed by atoms with Gasteiger partial charge in [0.05, 0.1) is 6.54 Å². The molecule has 0 radical (unpaired) electrons. The first-order chi connectivity index (χ1) is 14.2. The van der Waals surface area contributed by atoms with Crippen LogP contribution in [0.25, 0.3) is 0 Å². The van der Waals surface area contributed by atoms with Crippen LogP contribution in [-0.4, -0.2) is 54.8 Å². The van der Waals surface area contributed by atoms with Crippen molar-refractivity contribution in [3.05, 3.63) is 29.8 Å². The van der Waals surface area contributed by atoms with E-state index in [1.165, 1.54) is 0 Å². The molecule has 0 bridgehead atoms. The summed E-state index contributed by atoms with van der Waals surface area (Å²) in [4.78, 5) is 18.8. The smallest absolute Gasteiger partial charge is 0.321 e. The van der Waals surface area contributed by atoms with Gasteiger partial charge in [0.15, 0.2) is 5.96 Å². The van der Waals surface area contributed by atoms with Gasteiger partial charge in [-0.1, -0.05) is 25.5 Å². The number of benzene rings is 1. The van der Waals surface area contributed by atoms with E-state index in [-0.39, 0.29) is 36.6 Å². The predicted molar refractivity (Wildman–Crippen MR) is 135 cm³/mol. The van der Waals surface area contributed by atoms with E-state index in [1.54, 1.807) is 0 Å². The molecule has 1 aromatic rings. The average molecular weight is 531 g/mol. The van der Waals surface area contributed by atoms with Gasteiger partial charge in [0, 0.05) is 38.5 Å². The third-order valence-corrected chi connectivity index (χ3v) is 5.13. The fourth-order valence-corrected chi connectivity index (χ4v) is 3.56. The minimum atomic E-state index is -0.0241. The largest absolute Gasteiger partial charge is 0.396 e. The zero-order chi connectivity index (χ0) is 20.9. The molecule has 4 N–H and O–H groups in total. The summed E-state index contributed by atoms with van der Waals surface area (Å²) in [6.45, 7) is 8.22. The van der Waals surface area contributed by atoms with Crippen LogP contribution in [0, 0.1) is 5.92 Å². The monoisotopic (exact) mass is 531 g/mol. The lowest BCUT2D eigenvalue weighted by Gasteiger charge is -2.18. The Morgan fingerprint density at radius 3 is 2.63 bits per heavy atom. The first-order valence-corrected chi connectivity index (χ1v) is 10.9. The molecule has 1 atom stereocenters. The number of aliphatic hydroxyl groups is 1. The number of rotatable bonds is 10. The molecule has 1 fully saturated rings. The number of hydrogen-bond donors (Lipinski definition) is 4. The van der Waals surface area contributed by atoms with Gasteiger partial charge in [-0.05, 0) is 56.2 Å². The second kappa shape index (κ2) is 15.3. The van der Waals surface area contributed by atoms with Crippen molar-refractivity contribution in [3.63, 3.8) is 0 Å². The Morgan fingerprint density at radius 1 is 1.20 bits per heavy atom. The first-order valence-electron chi connectivity index (χ1n) is 10.9. The Kier molecular flexibility index (Phi) is 13.5. The summed E-state index contributed by atoms with van der Waals surface area (Å²) in [7, 11) is 0. The van der Waals surface area contributed by atoms with Gasteiger partial charge in [0.25, 0.3) is 0 Å². The van der Waals surface area contributed by atoms with Crippen molar-refractivity contribution < 1.29 is 9.90 Å². The highest BCUT2D eigenvalue weighted by Gasteiger charge is 2.17. The molecule has 170 valence electrons. The number of guanidine groups is 1. The summed E-state index contributed by atoms with van der Waals surface area (Å²) in [5.74, 6) is 1.22. The maximum absolute atomic E-state index is 12.3. The zero-order valence-corrected chi connectivity index (χ0v) is 20.7. The standard InChI is InChI=1S/C22H37N5O2.HI/c1-3-8-18(11-14-28)16-24-21(23-4-2)25-17-19-9-7-10-20(15-19)26-22(29)27-12-5-6-13-27;/h7,9-10,15,18,28H,3-6,8,11-14,16-17H2,1-2H3,(H,26,29)(H2,23,24,25);1H. The van der Waals surface area contributed by atoms with E-state index >= 15 is 0 Å². The van der Waals surface area contributed by atoms with Gasteiger partial charge >= 0.3 is 6.03 Å². The number of nitrogens with one attached hydrogen (secondary N) is 3. The predicted octanol–water partition coefficient (Wildman–Crippen LogP) is 3.79. The molecule has 1 saturated heterocycles. The maximum atomic E-state index is 12.3. The number of halogens is 1. The molecule has 0 aromatic heterocycles. The van der Waals surface area contributed by atoms with Gasteiger partial charge in [0.1, 0.15) is 0 Å². The van der Waals surface area contributed by atoms with E-state index in [0.29, 0.717) is 12.5 Å².